The summed E-state index contributed by atoms with van der Waals surface area (Å²) in [7, 11) is 2.03. The van der Waals surface area contributed by atoms with Crippen molar-refractivity contribution in [2.75, 3.05) is 17.8 Å². The van der Waals surface area contributed by atoms with E-state index < -0.39 is 0 Å². The van der Waals surface area contributed by atoms with Crippen molar-refractivity contribution >= 4 is 18.3 Å². The van der Waals surface area contributed by atoms with Crippen molar-refractivity contribution in [3.05, 3.63) is 29.8 Å². The summed E-state index contributed by atoms with van der Waals surface area (Å²) in [5.74, 6) is 0.753. The Bertz CT molecular complexity index is 218. The van der Waals surface area contributed by atoms with E-state index >= 15 is 0 Å². The zero-order valence-corrected chi connectivity index (χ0v) is 7.81. The zero-order valence-electron chi connectivity index (χ0n) is 6.91. The SMILES string of the molecule is Cc1ccc(N(C)CS)cc1. The maximum Gasteiger partial charge on any atom is 0.0606 e. The molecule has 1 rings (SSSR count). The number of hydrogen-bond acceptors (Lipinski definition) is 2. The summed E-state index contributed by atoms with van der Waals surface area (Å²) in [4.78, 5) is 2.09. The molecule has 0 aromatic heterocycles. The average Bonchev–Trinajstić information content (AvgIpc) is 2.05. The van der Waals surface area contributed by atoms with Crippen LogP contribution in [0.1, 0.15) is 5.56 Å². The lowest BCUT2D eigenvalue weighted by molar-refractivity contribution is 1.10. The Morgan fingerprint density at radius 3 is 2.27 bits per heavy atom. The van der Waals surface area contributed by atoms with Crippen LogP contribution in [-0.4, -0.2) is 12.9 Å². The predicted octanol–water partition coefficient (Wildman–Crippen LogP) is 2.32. The molecule has 0 bridgehead atoms. The van der Waals surface area contributed by atoms with Crippen LogP contribution in [0.4, 0.5) is 5.69 Å². The van der Waals surface area contributed by atoms with E-state index in [1.54, 1.807) is 0 Å². The van der Waals surface area contributed by atoms with Crippen LogP contribution in [0.25, 0.3) is 0 Å². The standard InChI is InChI=1S/C9H13NS/c1-8-3-5-9(6-4-8)10(2)7-11/h3-6,11H,7H2,1-2H3. The summed E-state index contributed by atoms with van der Waals surface area (Å²) in [5.41, 5.74) is 2.51. The molecule has 11 heavy (non-hydrogen) atoms. The van der Waals surface area contributed by atoms with Crippen molar-refractivity contribution in [3.8, 4) is 0 Å². The molecule has 0 aliphatic rings. The van der Waals surface area contributed by atoms with Gasteiger partial charge in [0.25, 0.3) is 0 Å². The Labute approximate surface area is 73.4 Å². The third-order valence-corrected chi connectivity index (χ3v) is 2.11. The Morgan fingerprint density at radius 2 is 1.82 bits per heavy atom. The molecule has 0 heterocycles. The molecule has 0 amide bonds. The Hall–Kier alpha value is -0.630. The Morgan fingerprint density at radius 1 is 1.27 bits per heavy atom. The lowest BCUT2D eigenvalue weighted by Crippen LogP contribution is -2.13. The molecule has 0 saturated carbocycles. The van der Waals surface area contributed by atoms with Crippen molar-refractivity contribution in [2.45, 2.75) is 6.92 Å². The minimum atomic E-state index is 0.753. The van der Waals surface area contributed by atoms with Crippen LogP contribution in [-0.2, 0) is 0 Å². The molecule has 60 valence electrons. The second-order valence-electron chi connectivity index (χ2n) is 2.67. The van der Waals surface area contributed by atoms with Crippen LogP contribution in [0, 0.1) is 6.92 Å². The molecule has 0 unspecified atom stereocenters. The Kier molecular flexibility index (Phi) is 2.83. The topological polar surface area (TPSA) is 3.24 Å². The van der Waals surface area contributed by atoms with Gasteiger partial charge < -0.3 is 4.90 Å². The highest BCUT2D eigenvalue weighted by atomic mass is 32.1. The van der Waals surface area contributed by atoms with Crippen LogP contribution in [0.2, 0.25) is 0 Å². The van der Waals surface area contributed by atoms with E-state index in [-0.39, 0.29) is 0 Å². The fourth-order valence-corrected chi connectivity index (χ4v) is 1.04. The van der Waals surface area contributed by atoms with Crippen LogP contribution >= 0.6 is 12.6 Å². The molecule has 0 aliphatic carbocycles. The molecule has 1 nitrogen and oxygen atoms in total. The highest BCUT2D eigenvalue weighted by Gasteiger charge is 1.95. The third kappa shape index (κ3) is 2.15. The number of anilines is 1. The minimum absolute atomic E-state index is 0.753. The molecule has 1 aromatic carbocycles. The first kappa shape index (κ1) is 8.47. The molecule has 0 saturated heterocycles. The van der Waals surface area contributed by atoms with E-state index in [4.69, 9.17) is 0 Å². The molecule has 0 aliphatic heterocycles. The molecule has 2 heteroatoms. The normalized spacial score (nSPS) is 9.73. The fourth-order valence-electron chi connectivity index (χ4n) is 0.881. The summed E-state index contributed by atoms with van der Waals surface area (Å²) in [6, 6.07) is 8.42. The number of hydrogen-bond donors (Lipinski definition) is 1. The van der Waals surface area contributed by atoms with Crippen molar-refractivity contribution in [2.24, 2.45) is 0 Å². The van der Waals surface area contributed by atoms with Crippen LogP contribution in [0.3, 0.4) is 0 Å². The van der Waals surface area contributed by atoms with Gasteiger partial charge in [-0.1, -0.05) is 17.7 Å². The highest BCUT2D eigenvalue weighted by Crippen LogP contribution is 2.12. The highest BCUT2D eigenvalue weighted by molar-refractivity contribution is 7.80. The number of benzene rings is 1. The number of rotatable bonds is 2. The van der Waals surface area contributed by atoms with Gasteiger partial charge in [-0.25, -0.2) is 0 Å². The molecule has 0 N–H and O–H groups in total. The lowest BCUT2D eigenvalue weighted by atomic mass is 10.2. The van der Waals surface area contributed by atoms with Gasteiger partial charge in [-0.3, -0.25) is 0 Å². The van der Waals surface area contributed by atoms with Crippen molar-refractivity contribution in [3.63, 3.8) is 0 Å². The van der Waals surface area contributed by atoms with E-state index in [2.05, 4.69) is 48.7 Å². The first-order valence-electron chi connectivity index (χ1n) is 3.62. The summed E-state index contributed by atoms with van der Waals surface area (Å²) in [5, 5.41) is 0. The van der Waals surface area contributed by atoms with Crippen molar-refractivity contribution in [1.29, 1.82) is 0 Å². The van der Waals surface area contributed by atoms with E-state index in [0.717, 1.165) is 5.88 Å². The Balaban J connectivity index is 2.81. The van der Waals surface area contributed by atoms with Crippen molar-refractivity contribution in [1.82, 2.24) is 0 Å². The van der Waals surface area contributed by atoms with E-state index in [9.17, 15) is 0 Å². The van der Waals surface area contributed by atoms with Gasteiger partial charge in [0, 0.05) is 12.7 Å². The van der Waals surface area contributed by atoms with Gasteiger partial charge in [0.05, 0.1) is 5.88 Å². The number of aryl methyl sites for hydroxylation is 1. The van der Waals surface area contributed by atoms with Gasteiger partial charge >= 0.3 is 0 Å². The minimum Gasteiger partial charge on any atom is -0.366 e. The molecule has 0 radical (unpaired) electrons. The molecule has 0 spiro atoms. The maximum absolute atomic E-state index is 4.18. The zero-order chi connectivity index (χ0) is 8.27. The van der Waals surface area contributed by atoms with Crippen LogP contribution in [0.5, 0.6) is 0 Å². The largest absolute Gasteiger partial charge is 0.366 e. The maximum atomic E-state index is 4.18. The first-order chi connectivity index (χ1) is 5.24. The molecule has 0 fully saturated rings. The number of thiol groups is 1. The molecule has 0 atom stereocenters. The molecule has 1 aromatic rings. The van der Waals surface area contributed by atoms with E-state index in [1.807, 2.05) is 7.05 Å². The van der Waals surface area contributed by atoms with Gasteiger partial charge in [0.1, 0.15) is 0 Å². The summed E-state index contributed by atoms with van der Waals surface area (Å²) in [6.07, 6.45) is 0. The summed E-state index contributed by atoms with van der Waals surface area (Å²) < 4.78 is 0. The monoisotopic (exact) mass is 167 g/mol. The lowest BCUT2D eigenvalue weighted by Gasteiger charge is -2.15. The second kappa shape index (κ2) is 3.67. The van der Waals surface area contributed by atoms with Crippen LogP contribution in [0.15, 0.2) is 24.3 Å². The number of nitrogens with zero attached hydrogens (tertiary/aromatic N) is 1. The third-order valence-electron chi connectivity index (χ3n) is 1.69. The van der Waals surface area contributed by atoms with Gasteiger partial charge in [-0.15, -0.1) is 0 Å². The average molecular weight is 167 g/mol. The first-order valence-corrected chi connectivity index (χ1v) is 4.26. The smallest absolute Gasteiger partial charge is 0.0606 e. The van der Waals surface area contributed by atoms with Gasteiger partial charge in [0.15, 0.2) is 0 Å². The summed E-state index contributed by atoms with van der Waals surface area (Å²) in [6.45, 7) is 2.09. The van der Waals surface area contributed by atoms with Gasteiger partial charge in [-0.2, -0.15) is 12.6 Å². The predicted molar refractivity (Wildman–Crippen MR) is 53.4 cm³/mol. The second-order valence-corrected chi connectivity index (χ2v) is 2.96. The summed E-state index contributed by atoms with van der Waals surface area (Å²) >= 11 is 4.18. The van der Waals surface area contributed by atoms with Crippen molar-refractivity contribution < 1.29 is 0 Å². The van der Waals surface area contributed by atoms with E-state index in [0.29, 0.717) is 0 Å². The fraction of sp³-hybridized carbons (Fsp3) is 0.333. The van der Waals surface area contributed by atoms with Gasteiger partial charge in [-0.05, 0) is 19.1 Å². The molecular formula is C9H13NS. The quantitative estimate of drug-likeness (QED) is 0.522. The molecular weight excluding hydrogens is 154 g/mol. The van der Waals surface area contributed by atoms with Crippen LogP contribution < -0.4 is 4.90 Å². The van der Waals surface area contributed by atoms with Gasteiger partial charge in [0.2, 0.25) is 0 Å². The van der Waals surface area contributed by atoms with E-state index in [1.165, 1.54) is 11.3 Å².